The second-order valence-electron chi connectivity index (χ2n) is 7.15. The topological polar surface area (TPSA) is 71.1 Å². The molecule has 1 fully saturated rings. The fourth-order valence-corrected chi connectivity index (χ4v) is 5.24. The molecule has 8 heteroatoms. The smallest absolute Gasteiger partial charge is 0.274 e. The van der Waals surface area contributed by atoms with Crippen LogP contribution in [0.3, 0.4) is 0 Å². The number of nitrogens with zero attached hydrogens (tertiary/aromatic N) is 3. The number of amides is 1. The largest absolute Gasteiger partial charge is 0.467 e. The molecule has 4 heterocycles. The van der Waals surface area contributed by atoms with Crippen molar-refractivity contribution >= 4 is 38.8 Å². The average molecular weight is 425 g/mol. The first-order valence-electron chi connectivity index (χ1n) is 9.59. The predicted molar refractivity (Wildman–Crippen MR) is 116 cm³/mol. The summed E-state index contributed by atoms with van der Waals surface area (Å²) in [7, 11) is 0. The van der Waals surface area contributed by atoms with Crippen LogP contribution < -0.4 is 4.74 Å². The lowest BCUT2D eigenvalue weighted by atomic mass is 10.1. The molecular weight excluding hydrogens is 404 g/mol. The van der Waals surface area contributed by atoms with Crippen molar-refractivity contribution in [3.8, 4) is 15.8 Å². The van der Waals surface area contributed by atoms with Crippen LogP contribution in [0, 0.1) is 6.92 Å². The summed E-state index contributed by atoms with van der Waals surface area (Å²) in [4.78, 5) is 20.4. The van der Waals surface area contributed by atoms with Gasteiger partial charge in [0.2, 0.25) is 0 Å². The van der Waals surface area contributed by atoms with E-state index in [0.29, 0.717) is 24.0 Å². The molecule has 0 saturated carbocycles. The lowest BCUT2D eigenvalue weighted by molar-refractivity contribution is 0.0590. The number of aryl methyl sites for hydroxylation is 1. The molecule has 1 saturated heterocycles. The Balaban J connectivity index is 1.21. The zero-order chi connectivity index (χ0) is 19.8. The predicted octanol–water partition coefficient (Wildman–Crippen LogP) is 4.74. The number of aromatic amines is 1. The molecule has 3 aromatic heterocycles. The van der Waals surface area contributed by atoms with Crippen molar-refractivity contribution < 1.29 is 9.53 Å². The highest BCUT2D eigenvalue weighted by Gasteiger charge is 2.27. The summed E-state index contributed by atoms with van der Waals surface area (Å²) in [5, 5.41) is 9.91. The Morgan fingerprint density at radius 3 is 2.86 bits per heavy atom. The summed E-state index contributed by atoms with van der Waals surface area (Å²) in [5.41, 5.74) is 3.53. The number of para-hydroxylation sites is 1. The lowest BCUT2D eigenvalue weighted by Gasteiger charge is -2.31. The number of fused-ring (bicyclic) bond motifs is 1. The fraction of sp³-hybridized carbons (Fsp3) is 0.286. The first kappa shape index (κ1) is 18.3. The zero-order valence-corrected chi connectivity index (χ0v) is 17.6. The molecule has 0 atom stereocenters. The molecule has 1 aliphatic heterocycles. The van der Waals surface area contributed by atoms with E-state index in [1.54, 1.807) is 22.7 Å². The standard InChI is InChI=1S/C21H20N4O2S2/c1-13-4-2-5-18-19(13)22-21(29-18)27-14-7-9-25(10-8-14)20(26)16-12-15(23-24-16)17-6-3-11-28-17/h2-6,11-12,14H,7-10H2,1H3,(H,23,24). The third-order valence-corrected chi connectivity index (χ3v) is 7.00. The van der Waals surface area contributed by atoms with E-state index >= 15 is 0 Å². The maximum Gasteiger partial charge on any atom is 0.274 e. The normalized spacial score (nSPS) is 15.1. The van der Waals surface area contributed by atoms with Gasteiger partial charge in [-0.1, -0.05) is 29.5 Å². The minimum absolute atomic E-state index is 0.0295. The molecule has 1 aromatic carbocycles. The minimum Gasteiger partial charge on any atom is -0.467 e. The van der Waals surface area contributed by atoms with Crippen LogP contribution in [0.1, 0.15) is 28.9 Å². The Morgan fingerprint density at radius 2 is 2.10 bits per heavy atom. The van der Waals surface area contributed by atoms with Crippen LogP contribution in [0.2, 0.25) is 0 Å². The second kappa shape index (κ2) is 7.61. The first-order chi connectivity index (χ1) is 14.2. The van der Waals surface area contributed by atoms with Crippen molar-refractivity contribution in [2.45, 2.75) is 25.9 Å². The van der Waals surface area contributed by atoms with Crippen LogP contribution in [-0.4, -0.2) is 45.2 Å². The number of hydrogen-bond donors (Lipinski definition) is 1. The quantitative estimate of drug-likeness (QED) is 0.514. The maximum absolute atomic E-state index is 12.8. The molecule has 0 bridgehead atoms. The second-order valence-corrected chi connectivity index (χ2v) is 9.10. The van der Waals surface area contributed by atoms with E-state index in [0.717, 1.165) is 39.2 Å². The number of aromatic nitrogens is 3. The van der Waals surface area contributed by atoms with E-state index in [4.69, 9.17) is 4.74 Å². The van der Waals surface area contributed by atoms with Crippen LogP contribution in [0.4, 0.5) is 0 Å². The number of ether oxygens (including phenoxy) is 1. The van der Waals surface area contributed by atoms with Gasteiger partial charge >= 0.3 is 0 Å². The molecule has 0 unspecified atom stereocenters. The summed E-state index contributed by atoms with van der Waals surface area (Å²) in [6.07, 6.45) is 1.67. The molecule has 5 rings (SSSR count). The minimum atomic E-state index is -0.0295. The number of benzene rings is 1. The van der Waals surface area contributed by atoms with Crippen LogP contribution in [0.5, 0.6) is 5.19 Å². The summed E-state index contributed by atoms with van der Waals surface area (Å²) < 4.78 is 7.28. The van der Waals surface area contributed by atoms with Gasteiger partial charge < -0.3 is 9.64 Å². The van der Waals surface area contributed by atoms with Crippen molar-refractivity contribution in [3.63, 3.8) is 0 Å². The maximum atomic E-state index is 12.8. The number of rotatable bonds is 4. The van der Waals surface area contributed by atoms with Gasteiger partial charge in [0.05, 0.1) is 20.8 Å². The van der Waals surface area contributed by atoms with Crippen molar-refractivity contribution in [2.24, 2.45) is 0 Å². The summed E-state index contributed by atoms with van der Waals surface area (Å²) in [6, 6.07) is 12.0. The lowest BCUT2D eigenvalue weighted by Crippen LogP contribution is -2.41. The molecule has 0 radical (unpaired) electrons. The van der Waals surface area contributed by atoms with Crippen molar-refractivity contribution in [2.75, 3.05) is 13.1 Å². The number of thiophene rings is 1. The van der Waals surface area contributed by atoms with E-state index in [-0.39, 0.29) is 12.0 Å². The van der Waals surface area contributed by atoms with E-state index in [1.807, 2.05) is 34.5 Å². The van der Waals surface area contributed by atoms with Gasteiger partial charge in [-0.15, -0.1) is 11.3 Å². The van der Waals surface area contributed by atoms with Gasteiger partial charge in [-0.2, -0.15) is 5.10 Å². The number of piperidine rings is 1. The Labute approximate surface area is 176 Å². The highest BCUT2D eigenvalue weighted by Crippen LogP contribution is 2.31. The highest BCUT2D eigenvalue weighted by molar-refractivity contribution is 7.20. The van der Waals surface area contributed by atoms with Gasteiger partial charge in [-0.25, -0.2) is 4.98 Å². The number of hydrogen-bond acceptors (Lipinski definition) is 6. The Hall–Kier alpha value is -2.71. The number of H-pyrrole nitrogens is 1. The monoisotopic (exact) mass is 424 g/mol. The first-order valence-corrected chi connectivity index (χ1v) is 11.3. The number of carbonyl (C=O) groups excluding carboxylic acids is 1. The third kappa shape index (κ3) is 3.65. The zero-order valence-electron chi connectivity index (χ0n) is 15.9. The average Bonchev–Trinajstić information content (AvgIpc) is 3.48. The number of likely N-dealkylation sites (tertiary alicyclic amines) is 1. The van der Waals surface area contributed by atoms with Crippen molar-refractivity contribution in [3.05, 3.63) is 53.0 Å². The highest BCUT2D eigenvalue weighted by atomic mass is 32.1. The SMILES string of the molecule is Cc1cccc2sc(OC3CCN(C(=O)c4cc(-c5cccs5)[nH]n4)CC3)nc12. The van der Waals surface area contributed by atoms with Gasteiger partial charge in [0.25, 0.3) is 11.1 Å². The molecule has 29 heavy (non-hydrogen) atoms. The molecule has 0 aliphatic carbocycles. The summed E-state index contributed by atoms with van der Waals surface area (Å²) in [6.45, 7) is 3.39. The molecular formula is C21H20N4O2S2. The van der Waals surface area contributed by atoms with Crippen LogP contribution in [0.25, 0.3) is 20.8 Å². The molecule has 6 nitrogen and oxygen atoms in total. The number of carbonyl (C=O) groups is 1. The van der Waals surface area contributed by atoms with Gasteiger partial charge in [-0.3, -0.25) is 9.89 Å². The van der Waals surface area contributed by atoms with Crippen LogP contribution in [-0.2, 0) is 0 Å². The molecule has 1 aliphatic rings. The van der Waals surface area contributed by atoms with Gasteiger partial charge in [0.1, 0.15) is 6.10 Å². The van der Waals surface area contributed by atoms with Gasteiger partial charge in [-0.05, 0) is 36.1 Å². The molecule has 0 spiro atoms. The van der Waals surface area contributed by atoms with E-state index in [1.165, 1.54) is 0 Å². The Bertz CT molecular complexity index is 1140. The van der Waals surface area contributed by atoms with Crippen molar-refractivity contribution in [1.29, 1.82) is 0 Å². The van der Waals surface area contributed by atoms with E-state index in [9.17, 15) is 4.79 Å². The van der Waals surface area contributed by atoms with Crippen LogP contribution >= 0.6 is 22.7 Å². The number of nitrogens with one attached hydrogen (secondary N) is 1. The molecule has 4 aromatic rings. The molecule has 148 valence electrons. The Morgan fingerprint density at radius 1 is 1.24 bits per heavy atom. The summed E-state index contributed by atoms with van der Waals surface area (Å²) >= 11 is 3.21. The fourth-order valence-electron chi connectivity index (χ4n) is 3.59. The third-order valence-electron chi connectivity index (χ3n) is 5.18. The van der Waals surface area contributed by atoms with Gasteiger partial charge in [0.15, 0.2) is 5.69 Å². The van der Waals surface area contributed by atoms with Crippen LogP contribution in [0.15, 0.2) is 41.8 Å². The van der Waals surface area contributed by atoms with Crippen molar-refractivity contribution in [1.82, 2.24) is 20.1 Å². The number of thiazole rings is 1. The Kier molecular flexibility index (Phi) is 4.81. The molecule has 1 amide bonds. The van der Waals surface area contributed by atoms with E-state index < -0.39 is 0 Å². The summed E-state index contributed by atoms with van der Waals surface area (Å²) in [5.74, 6) is -0.0295. The van der Waals surface area contributed by atoms with E-state index in [2.05, 4.69) is 34.2 Å². The van der Waals surface area contributed by atoms with Gasteiger partial charge in [0, 0.05) is 25.9 Å². The molecule has 1 N–H and O–H groups in total.